The zero-order valence-corrected chi connectivity index (χ0v) is 14.3. The number of carbonyl (C=O) groups is 1. The van der Waals surface area contributed by atoms with Crippen LogP contribution in [0, 0.1) is 5.92 Å². The maximum Gasteiger partial charge on any atom is 0.322 e. The third-order valence-electron chi connectivity index (χ3n) is 4.29. The first-order valence-electron chi connectivity index (χ1n) is 7.76. The minimum absolute atomic E-state index is 0.0981. The van der Waals surface area contributed by atoms with Crippen molar-refractivity contribution in [1.29, 1.82) is 0 Å². The van der Waals surface area contributed by atoms with Crippen molar-refractivity contribution in [3.05, 3.63) is 53.6 Å². The van der Waals surface area contributed by atoms with Gasteiger partial charge in [-0.25, -0.2) is 8.42 Å². The van der Waals surface area contributed by atoms with Crippen molar-refractivity contribution in [2.24, 2.45) is 5.92 Å². The van der Waals surface area contributed by atoms with E-state index in [9.17, 15) is 18.3 Å². The van der Waals surface area contributed by atoms with Gasteiger partial charge in [-0.1, -0.05) is 44.2 Å². The van der Waals surface area contributed by atoms with Gasteiger partial charge in [-0.05, 0) is 46.7 Å². The molecule has 0 saturated carbocycles. The smallest absolute Gasteiger partial charge is 0.322 e. The Hall–Kier alpha value is -2.18. The molecule has 0 saturated heterocycles. The number of benzene rings is 2. The molecule has 0 bridgehead atoms. The Morgan fingerprint density at radius 2 is 1.75 bits per heavy atom. The van der Waals surface area contributed by atoms with Crippen molar-refractivity contribution in [1.82, 2.24) is 4.72 Å². The maximum absolute atomic E-state index is 12.5. The Labute approximate surface area is 141 Å². The van der Waals surface area contributed by atoms with Gasteiger partial charge in [-0.3, -0.25) is 4.79 Å². The van der Waals surface area contributed by atoms with Crippen LogP contribution >= 0.6 is 0 Å². The number of carboxylic acids is 1. The zero-order chi connectivity index (χ0) is 17.5. The summed E-state index contributed by atoms with van der Waals surface area (Å²) in [6, 6.07) is 11.8. The lowest BCUT2D eigenvalue weighted by Gasteiger charge is -2.18. The lowest BCUT2D eigenvalue weighted by atomic mass is 10.1. The second-order valence-electron chi connectivity index (χ2n) is 6.33. The molecule has 2 N–H and O–H groups in total. The molecule has 24 heavy (non-hydrogen) atoms. The summed E-state index contributed by atoms with van der Waals surface area (Å²) in [5.74, 6) is -1.53. The molecule has 3 rings (SSSR count). The monoisotopic (exact) mass is 345 g/mol. The molecule has 2 aromatic carbocycles. The van der Waals surface area contributed by atoms with Crippen LogP contribution in [-0.2, 0) is 21.2 Å². The standard InChI is InChI=1S/C18H19NO4S/c1-11(2)17(18(20)21)19-24(22,23)14-7-8-16-13(10-14)9-12-5-3-4-6-15(12)16/h3-8,10-11,17,19H,9H2,1-2H3,(H,20,21). The van der Waals surface area contributed by atoms with E-state index >= 15 is 0 Å². The van der Waals surface area contributed by atoms with Gasteiger partial charge in [-0.15, -0.1) is 0 Å². The van der Waals surface area contributed by atoms with Crippen LogP contribution in [0.25, 0.3) is 11.1 Å². The van der Waals surface area contributed by atoms with Crippen LogP contribution in [-0.4, -0.2) is 25.5 Å². The van der Waals surface area contributed by atoms with E-state index in [0.717, 1.165) is 16.7 Å². The average Bonchev–Trinajstić information content (AvgIpc) is 2.89. The van der Waals surface area contributed by atoms with Gasteiger partial charge in [0, 0.05) is 0 Å². The van der Waals surface area contributed by atoms with Crippen LogP contribution < -0.4 is 4.72 Å². The molecule has 0 heterocycles. The van der Waals surface area contributed by atoms with E-state index in [1.807, 2.05) is 24.3 Å². The number of fused-ring (bicyclic) bond motifs is 3. The summed E-state index contributed by atoms with van der Waals surface area (Å²) in [6.07, 6.45) is 0.682. The van der Waals surface area contributed by atoms with Crippen molar-refractivity contribution in [3.8, 4) is 11.1 Å². The molecule has 0 amide bonds. The highest BCUT2D eigenvalue weighted by molar-refractivity contribution is 7.89. The van der Waals surface area contributed by atoms with Gasteiger partial charge in [-0.2, -0.15) is 4.72 Å². The number of hydrogen-bond acceptors (Lipinski definition) is 3. The molecule has 0 aromatic heterocycles. The number of aliphatic carboxylic acids is 1. The minimum atomic E-state index is -3.89. The van der Waals surface area contributed by atoms with Crippen molar-refractivity contribution in [2.75, 3.05) is 0 Å². The van der Waals surface area contributed by atoms with Gasteiger partial charge in [0.15, 0.2) is 0 Å². The van der Waals surface area contributed by atoms with Gasteiger partial charge in [0.05, 0.1) is 4.90 Å². The summed E-state index contributed by atoms with van der Waals surface area (Å²) >= 11 is 0. The van der Waals surface area contributed by atoms with Gasteiger partial charge in [0.1, 0.15) is 6.04 Å². The molecule has 0 aliphatic heterocycles. The fraction of sp³-hybridized carbons (Fsp3) is 0.278. The Morgan fingerprint density at radius 3 is 2.42 bits per heavy atom. The first-order valence-corrected chi connectivity index (χ1v) is 9.24. The summed E-state index contributed by atoms with van der Waals surface area (Å²) in [6.45, 7) is 3.33. The summed E-state index contributed by atoms with van der Waals surface area (Å²) in [5.41, 5.74) is 4.26. The zero-order valence-electron chi connectivity index (χ0n) is 13.5. The average molecular weight is 345 g/mol. The molecular weight excluding hydrogens is 326 g/mol. The van der Waals surface area contributed by atoms with Gasteiger partial charge < -0.3 is 5.11 Å². The second kappa shape index (κ2) is 6.03. The highest BCUT2D eigenvalue weighted by Gasteiger charge is 2.29. The van der Waals surface area contributed by atoms with E-state index in [1.165, 1.54) is 11.6 Å². The predicted molar refractivity (Wildman–Crippen MR) is 91.3 cm³/mol. The van der Waals surface area contributed by atoms with Crippen LogP contribution in [0.15, 0.2) is 47.4 Å². The van der Waals surface area contributed by atoms with Gasteiger partial charge >= 0.3 is 5.97 Å². The quantitative estimate of drug-likeness (QED) is 0.745. The van der Waals surface area contributed by atoms with Crippen LogP contribution in [0.1, 0.15) is 25.0 Å². The lowest BCUT2D eigenvalue weighted by molar-refractivity contribution is -0.140. The Balaban J connectivity index is 1.94. The summed E-state index contributed by atoms with van der Waals surface area (Å²) < 4.78 is 27.4. The molecule has 0 radical (unpaired) electrons. The fourth-order valence-corrected chi connectivity index (χ4v) is 4.38. The molecule has 126 valence electrons. The third-order valence-corrected chi connectivity index (χ3v) is 5.73. The molecule has 6 heteroatoms. The Bertz CT molecular complexity index is 903. The van der Waals surface area contributed by atoms with Gasteiger partial charge in [0.25, 0.3) is 0 Å². The summed E-state index contributed by atoms with van der Waals surface area (Å²) in [7, 11) is -3.89. The molecule has 1 aliphatic rings. The molecule has 1 aliphatic carbocycles. The maximum atomic E-state index is 12.5. The second-order valence-corrected chi connectivity index (χ2v) is 8.05. The van der Waals surface area contributed by atoms with Crippen molar-refractivity contribution in [3.63, 3.8) is 0 Å². The highest BCUT2D eigenvalue weighted by Crippen LogP contribution is 2.37. The lowest BCUT2D eigenvalue weighted by Crippen LogP contribution is -2.44. The van der Waals surface area contributed by atoms with E-state index in [1.54, 1.807) is 26.0 Å². The van der Waals surface area contributed by atoms with Crippen LogP contribution in [0.4, 0.5) is 0 Å². The van der Waals surface area contributed by atoms with Crippen molar-refractivity contribution < 1.29 is 18.3 Å². The molecule has 5 nitrogen and oxygen atoms in total. The topological polar surface area (TPSA) is 83.5 Å². The number of nitrogens with one attached hydrogen (secondary N) is 1. The number of rotatable bonds is 5. The molecule has 1 atom stereocenters. The molecule has 0 fully saturated rings. The molecular formula is C18H19NO4S. The number of carboxylic acid groups (broad SMARTS) is 1. The van der Waals surface area contributed by atoms with Crippen molar-refractivity contribution in [2.45, 2.75) is 31.2 Å². The minimum Gasteiger partial charge on any atom is -0.480 e. The van der Waals surface area contributed by atoms with E-state index in [-0.39, 0.29) is 10.8 Å². The molecule has 2 aromatic rings. The van der Waals surface area contributed by atoms with E-state index < -0.39 is 22.0 Å². The summed E-state index contributed by atoms with van der Waals surface area (Å²) in [4.78, 5) is 11.4. The van der Waals surface area contributed by atoms with E-state index in [4.69, 9.17) is 0 Å². The molecule has 1 unspecified atom stereocenters. The SMILES string of the molecule is CC(C)C(NS(=O)(=O)c1ccc2c(c1)Cc1ccccc1-2)C(=O)O. The first kappa shape index (κ1) is 16.7. The largest absolute Gasteiger partial charge is 0.480 e. The van der Waals surface area contributed by atoms with E-state index in [2.05, 4.69) is 4.72 Å². The first-order chi connectivity index (χ1) is 11.3. The van der Waals surface area contributed by atoms with Crippen LogP contribution in [0.5, 0.6) is 0 Å². The number of sulfonamides is 1. The molecule has 0 spiro atoms. The summed E-state index contributed by atoms with van der Waals surface area (Å²) in [5, 5.41) is 9.20. The Kier molecular flexibility index (Phi) is 4.19. The van der Waals surface area contributed by atoms with Crippen molar-refractivity contribution >= 4 is 16.0 Å². The predicted octanol–water partition coefficient (Wildman–Crippen LogP) is 2.65. The highest BCUT2D eigenvalue weighted by atomic mass is 32.2. The normalized spacial score (nSPS) is 14.3. The van der Waals surface area contributed by atoms with E-state index in [0.29, 0.717) is 6.42 Å². The number of hydrogen-bond donors (Lipinski definition) is 2. The fourth-order valence-electron chi connectivity index (χ4n) is 3.00. The Morgan fingerprint density at radius 1 is 1.08 bits per heavy atom. The van der Waals surface area contributed by atoms with Gasteiger partial charge in [0.2, 0.25) is 10.0 Å². The van der Waals surface area contributed by atoms with Crippen LogP contribution in [0.3, 0.4) is 0 Å². The third kappa shape index (κ3) is 2.95. The van der Waals surface area contributed by atoms with Crippen LogP contribution in [0.2, 0.25) is 0 Å².